The first-order chi connectivity index (χ1) is 12.5. The number of anilines is 1. The third-order valence-corrected chi connectivity index (χ3v) is 5.42. The number of pyridine rings is 1. The summed E-state index contributed by atoms with van der Waals surface area (Å²) in [6.45, 7) is 4.04. The maximum Gasteiger partial charge on any atom is 0.139 e. The van der Waals surface area contributed by atoms with E-state index >= 15 is 0 Å². The molecule has 0 radical (unpaired) electrons. The molecule has 1 aliphatic rings. The molecule has 3 heterocycles. The second kappa shape index (κ2) is 6.82. The van der Waals surface area contributed by atoms with Crippen molar-refractivity contribution in [1.29, 1.82) is 0 Å². The number of fused-ring (bicyclic) bond motifs is 1. The molecule has 0 unspecified atom stereocenters. The van der Waals surface area contributed by atoms with Crippen molar-refractivity contribution in [2.75, 3.05) is 25.1 Å². The number of aromatic nitrogens is 2. The van der Waals surface area contributed by atoms with Crippen LogP contribution in [-0.4, -0.2) is 35.6 Å². The minimum atomic E-state index is 0.329. The van der Waals surface area contributed by atoms with Crippen LogP contribution in [0.2, 0.25) is 5.02 Å². The molecule has 1 aromatic carbocycles. The van der Waals surface area contributed by atoms with Gasteiger partial charge in [0.15, 0.2) is 0 Å². The van der Waals surface area contributed by atoms with Crippen LogP contribution in [-0.2, 0) is 0 Å². The zero-order valence-electron chi connectivity index (χ0n) is 15.1. The Morgan fingerprint density at radius 1 is 1.23 bits per heavy atom. The summed E-state index contributed by atoms with van der Waals surface area (Å²) in [6, 6.07) is 8.48. The summed E-state index contributed by atoms with van der Waals surface area (Å²) in [4.78, 5) is 7.21. The Morgan fingerprint density at radius 3 is 2.73 bits per heavy atom. The van der Waals surface area contributed by atoms with Crippen LogP contribution in [0.4, 0.5) is 5.69 Å². The van der Waals surface area contributed by atoms with E-state index in [2.05, 4.69) is 23.2 Å². The van der Waals surface area contributed by atoms with Gasteiger partial charge in [-0.3, -0.25) is 0 Å². The van der Waals surface area contributed by atoms with Gasteiger partial charge in [0.1, 0.15) is 11.4 Å². The van der Waals surface area contributed by atoms with Crippen LogP contribution >= 0.6 is 11.6 Å². The van der Waals surface area contributed by atoms with E-state index in [4.69, 9.17) is 27.1 Å². The number of aryl methyl sites for hydroxylation is 1. The van der Waals surface area contributed by atoms with Crippen molar-refractivity contribution < 1.29 is 4.74 Å². The summed E-state index contributed by atoms with van der Waals surface area (Å²) in [5, 5.41) is 0.593. The smallest absolute Gasteiger partial charge is 0.139 e. The largest absolute Gasteiger partial charge is 0.495 e. The van der Waals surface area contributed by atoms with Gasteiger partial charge in [0.25, 0.3) is 0 Å². The van der Waals surface area contributed by atoms with Gasteiger partial charge < -0.3 is 19.8 Å². The Kier molecular flexibility index (Phi) is 4.51. The lowest BCUT2D eigenvalue weighted by Gasteiger charge is -2.31. The van der Waals surface area contributed by atoms with Crippen LogP contribution in [0.15, 0.2) is 36.7 Å². The molecule has 2 aromatic heterocycles. The van der Waals surface area contributed by atoms with E-state index in [1.165, 1.54) is 5.69 Å². The highest BCUT2D eigenvalue weighted by Gasteiger charge is 2.17. The second-order valence-corrected chi connectivity index (χ2v) is 7.31. The number of hydrogen-bond acceptors (Lipinski definition) is 4. The Hall–Kier alpha value is -2.24. The van der Waals surface area contributed by atoms with Crippen molar-refractivity contribution in [3.8, 4) is 17.0 Å². The topological polar surface area (TPSA) is 55.8 Å². The van der Waals surface area contributed by atoms with Crippen LogP contribution in [0.25, 0.3) is 16.9 Å². The molecular weight excluding hydrogens is 348 g/mol. The van der Waals surface area contributed by atoms with Crippen molar-refractivity contribution in [3.63, 3.8) is 0 Å². The molecule has 0 spiro atoms. The van der Waals surface area contributed by atoms with E-state index in [-0.39, 0.29) is 0 Å². The van der Waals surface area contributed by atoms with Gasteiger partial charge in [0.2, 0.25) is 0 Å². The van der Waals surface area contributed by atoms with Crippen molar-refractivity contribution >= 4 is 22.9 Å². The molecule has 0 bridgehead atoms. The second-order valence-electron chi connectivity index (χ2n) is 6.90. The number of hydrogen-bond donors (Lipinski definition) is 1. The fraction of sp³-hybridized carbons (Fsp3) is 0.350. The highest BCUT2D eigenvalue weighted by Crippen LogP contribution is 2.33. The summed E-state index contributed by atoms with van der Waals surface area (Å²) in [6.07, 6.45) is 6.18. The first-order valence-electron chi connectivity index (χ1n) is 8.89. The molecule has 26 heavy (non-hydrogen) atoms. The normalized spacial score (nSPS) is 15.6. The monoisotopic (exact) mass is 370 g/mol. The first kappa shape index (κ1) is 17.2. The van der Waals surface area contributed by atoms with Crippen LogP contribution in [0, 0.1) is 6.92 Å². The highest BCUT2D eigenvalue weighted by molar-refractivity contribution is 6.32. The molecule has 6 heteroatoms. The molecule has 2 N–H and O–H groups in total. The quantitative estimate of drug-likeness (QED) is 0.759. The molecule has 0 aliphatic carbocycles. The zero-order chi connectivity index (χ0) is 18.3. The van der Waals surface area contributed by atoms with Crippen molar-refractivity contribution in [3.05, 3.63) is 47.2 Å². The average Bonchev–Trinajstić information content (AvgIpc) is 3.06. The van der Waals surface area contributed by atoms with E-state index in [9.17, 15) is 0 Å². The van der Waals surface area contributed by atoms with Crippen LogP contribution in [0.3, 0.4) is 0 Å². The molecule has 3 aromatic rings. The standard InChI is InChI=1S/C20H23ClN4O/c1-13-9-19(26-2)17(21)11-16(13)18-12-25-8-5-15(10-20(25)23-18)24-6-3-14(22)4-7-24/h5,8-12,14H,3-4,6-7,22H2,1-2H3. The molecule has 136 valence electrons. The number of rotatable bonds is 3. The predicted octanol–water partition coefficient (Wildman–Crippen LogP) is 3.90. The third-order valence-electron chi connectivity index (χ3n) is 5.12. The lowest BCUT2D eigenvalue weighted by Crippen LogP contribution is -2.39. The van der Waals surface area contributed by atoms with E-state index in [0.29, 0.717) is 16.8 Å². The van der Waals surface area contributed by atoms with Crippen LogP contribution in [0.5, 0.6) is 5.75 Å². The van der Waals surface area contributed by atoms with Crippen LogP contribution in [0.1, 0.15) is 18.4 Å². The number of halogens is 1. The number of methoxy groups -OCH3 is 1. The van der Waals surface area contributed by atoms with Crippen molar-refractivity contribution in [2.45, 2.75) is 25.8 Å². The fourth-order valence-corrected chi connectivity index (χ4v) is 3.78. The number of ether oxygens (including phenoxy) is 1. The number of nitrogens with zero attached hydrogens (tertiary/aromatic N) is 3. The van der Waals surface area contributed by atoms with Crippen LogP contribution < -0.4 is 15.4 Å². The first-order valence-corrected chi connectivity index (χ1v) is 9.27. The summed E-state index contributed by atoms with van der Waals surface area (Å²) < 4.78 is 7.34. The lowest BCUT2D eigenvalue weighted by molar-refractivity contribution is 0.415. The SMILES string of the molecule is COc1cc(C)c(-c2cn3ccc(N4CCC(N)CC4)cc3n2)cc1Cl. The maximum atomic E-state index is 6.31. The van der Waals surface area contributed by atoms with Crippen molar-refractivity contribution in [1.82, 2.24) is 9.38 Å². The molecule has 0 atom stereocenters. The van der Waals surface area contributed by atoms with Gasteiger partial charge in [-0.25, -0.2) is 4.98 Å². The third kappa shape index (κ3) is 3.13. The molecule has 0 amide bonds. The van der Waals surface area contributed by atoms with Gasteiger partial charge >= 0.3 is 0 Å². The molecular formula is C20H23ClN4O. The van der Waals surface area contributed by atoms with Crippen molar-refractivity contribution in [2.24, 2.45) is 5.73 Å². The molecule has 1 fully saturated rings. The average molecular weight is 371 g/mol. The molecule has 1 aliphatic heterocycles. The predicted molar refractivity (Wildman–Crippen MR) is 106 cm³/mol. The number of benzene rings is 1. The fourth-order valence-electron chi connectivity index (χ4n) is 3.54. The van der Waals surface area contributed by atoms with E-state index in [1.807, 2.05) is 29.7 Å². The summed E-state index contributed by atoms with van der Waals surface area (Å²) in [5.41, 5.74) is 11.2. The number of nitrogens with two attached hydrogens (primary N) is 1. The molecule has 1 saturated heterocycles. The van der Waals surface area contributed by atoms with E-state index < -0.39 is 0 Å². The minimum absolute atomic E-state index is 0.329. The van der Waals surface area contributed by atoms with Gasteiger partial charge in [-0.05, 0) is 43.5 Å². The van der Waals surface area contributed by atoms with E-state index in [1.54, 1.807) is 7.11 Å². The highest BCUT2D eigenvalue weighted by atomic mass is 35.5. The summed E-state index contributed by atoms with van der Waals surface area (Å²) in [5.74, 6) is 0.683. The van der Waals surface area contributed by atoms with E-state index in [0.717, 1.165) is 48.4 Å². The van der Waals surface area contributed by atoms with Gasteiger partial charge in [0, 0.05) is 48.8 Å². The minimum Gasteiger partial charge on any atom is -0.495 e. The van der Waals surface area contributed by atoms with Gasteiger partial charge in [-0.15, -0.1) is 0 Å². The van der Waals surface area contributed by atoms with Gasteiger partial charge in [-0.2, -0.15) is 0 Å². The Morgan fingerprint density at radius 2 is 2.00 bits per heavy atom. The molecule has 0 saturated carbocycles. The van der Waals surface area contributed by atoms with Gasteiger partial charge in [-0.1, -0.05) is 11.6 Å². The zero-order valence-corrected chi connectivity index (χ0v) is 15.8. The summed E-state index contributed by atoms with van der Waals surface area (Å²) >= 11 is 6.31. The number of piperidine rings is 1. The maximum absolute atomic E-state index is 6.31. The Labute approximate surface area is 158 Å². The number of imidazole rings is 1. The molecule has 4 rings (SSSR count). The Bertz CT molecular complexity index is 944. The van der Waals surface area contributed by atoms with Gasteiger partial charge in [0.05, 0.1) is 17.8 Å². The Balaban J connectivity index is 1.69. The molecule has 5 nitrogen and oxygen atoms in total. The lowest BCUT2D eigenvalue weighted by atomic mass is 10.1. The summed E-state index contributed by atoms with van der Waals surface area (Å²) in [7, 11) is 1.63.